The van der Waals surface area contributed by atoms with Gasteiger partial charge in [-0.3, -0.25) is 0 Å². The molecular weight excluding hydrogens is 629 g/mol. The van der Waals surface area contributed by atoms with Gasteiger partial charge in [-0.2, -0.15) is 0 Å². The first-order valence-electron chi connectivity index (χ1n) is 18.9. The van der Waals surface area contributed by atoms with Crippen molar-refractivity contribution in [3.05, 3.63) is 105 Å². The Morgan fingerprint density at radius 2 is 0.706 bits per heavy atom. The third-order valence-electron chi connectivity index (χ3n) is 11.0. The van der Waals surface area contributed by atoms with Gasteiger partial charge in [-0.15, -0.1) is 0 Å². The smallest absolute Gasteiger partial charge is 0.128 e. The van der Waals surface area contributed by atoms with Crippen LogP contribution in [0.4, 0.5) is 0 Å². The number of hydrogen-bond acceptors (Lipinski definition) is 4. The van der Waals surface area contributed by atoms with Crippen molar-refractivity contribution in [3.63, 3.8) is 0 Å². The standard InChI is InChI=1S/C47H72O4/c1-40(2,3)30-19-22-33(36(25-30)43(10,11)12)39(50)46(28-48,29-49)47(51,34-23-20-31(41(4,5)6)26-37(34)44(13,14)15)35-24-21-32(42(7,8)9)27-38(35)45(16,17)18/h19-27,39,48-51H,28-29H2,1-18H3. The average Bonchev–Trinajstić information content (AvgIpc) is 2.98. The van der Waals surface area contributed by atoms with E-state index in [0.717, 1.165) is 33.4 Å². The first-order chi connectivity index (χ1) is 22.8. The van der Waals surface area contributed by atoms with E-state index in [9.17, 15) is 20.4 Å². The van der Waals surface area contributed by atoms with Crippen LogP contribution in [0.1, 0.15) is 181 Å². The van der Waals surface area contributed by atoms with E-state index in [4.69, 9.17) is 0 Å². The summed E-state index contributed by atoms with van der Waals surface area (Å²) in [6.07, 6.45) is -1.45. The van der Waals surface area contributed by atoms with Gasteiger partial charge in [-0.25, -0.2) is 0 Å². The minimum Gasteiger partial charge on any atom is -0.395 e. The van der Waals surface area contributed by atoms with E-state index >= 15 is 0 Å². The van der Waals surface area contributed by atoms with Gasteiger partial charge in [0.2, 0.25) is 0 Å². The summed E-state index contributed by atoms with van der Waals surface area (Å²) in [6.45, 7) is 37.3. The molecule has 1 atom stereocenters. The summed E-state index contributed by atoms with van der Waals surface area (Å²) < 4.78 is 0. The molecule has 0 bridgehead atoms. The fourth-order valence-corrected chi connectivity index (χ4v) is 7.43. The fourth-order valence-electron chi connectivity index (χ4n) is 7.43. The van der Waals surface area contributed by atoms with E-state index in [1.165, 1.54) is 0 Å². The van der Waals surface area contributed by atoms with E-state index < -0.39 is 41.2 Å². The molecule has 0 spiro atoms. The van der Waals surface area contributed by atoms with Crippen molar-refractivity contribution in [3.8, 4) is 0 Å². The maximum atomic E-state index is 14.2. The Morgan fingerprint density at radius 3 is 0.980 bits per heavy atom. The second-order valence-electron chi connectivity index (χ2n) is 21.4. The van der Waals surface area contributed by atoms with Gasteiger partial charge < -0.3 is 20.4 Å². The topological polar surface area (TPSA) is 80.9 Å². The molecule has 284 valence electrons. The monoisotopic (exact) mass is 701 g/mol. The van der Waals surface area contributed by atoms with E-state index in [1.54, 1.807) is 0 Å². The SMILES string of the molecule is CC(C)(C)c1ccc(C(O)C(CO)(CO)C(O)(c2ccc(C(C)(C)C)cc2C(C)(C)C)c2ccc(C(C)(C)C)cc2C(C)(C)C)c(C(C)(C)C)c1. The van der Waals surface area contributed by atoms with Gasteiger partial charge in [-0.1, -0.05) is 179 Å². The molecule has 0 aliphatic rings. The zero-order chi connectivity index (χ0) is 39.6. The molecule has 3 aromatic rings. The second-order valence-corrected chi connectivity index (χ2v) is 21.4. The Balaban J connectivity index is 2.71. The number of aliphatic hydroxyl groups excluding tert-OH is 3. The van der Waals surface area contributed by atoms with Crippen LogP contribution in [-0.2, 0) is 38.1 Å². The fraction of sp³-hybridized carbons (Fsp3) is 0.617. The third kappa shape index (κ3) is 8.20. The maximum Gasteiger partial charge on any atom is 0.128 e. The molecule has 0 radical (unpaired) electrons. The van der Waals surface area contributed by atoms with Crippen LogP contribution in [0.15, 0.2) is 54.6 Å². The maximum absolute atomic E-state index is 14.2. The lowest BCUT2D eigenvalue weighted by Gasteiger charge is -2.52. The highest BCUT2D eigenvalue weighted by Gasteiger charge is 2.59. The summed E-state index contributed by atoms with van der Waals surface area (Å²) in [5.41, 5.74) is 2.14. The van der Waals surface area contributed by atoms with Gasteiger partial charge in [0.25, 0.3) is 0 Å². The summed E-state index contributed by atoms with van der Waals surface area (Å²) in [4.78, 5) is 0. The van der Waals surface area contributed by atoms with Crippen LogP contribution in [0.2, 0.25) is 0 Å². The number of rotatable bonds is 7. The van der Waals surface area contributed by atoms with E-state index in [2.05, 4.69) is 155 Å². The molecule has 0 fully saturated rings. The summed E-state index contributed by atoms with van der Waals surface area (Å²) in [5, 5.41) is 50.8. The largest absolute Gasteiger partial charge is 0.395 e. The first kappa shape index (κ1) is 42.9. The summed E-state index contributed by atoms with van der Waals surface area (Å²) in [5.74, 6) is 0. The Hall–Kier alpha value is -2.50. The Kier molecular flexibility index (Phi) is 11.5. The molecule has 0 amide bonds. The van der Waals surface area contributed by atoms with Gasteiger partial charge in [0.15, 0.2) is 0 Å². The van der Waals surface area contributed by atoms with Gasteiger partial charge in [0, 0.05) is 0 Å². The molecule has 0 saturated carbocycles. The van der Waals surface area contributed by atoms with Crippen LogP contribution in [0, 0.1) is 5.41 Å². The first-order valence-corrected chi connectivity index (χ1v) is 18.9. The number of hydrogen-bond donors (Lipinski definition) is 4. The molecule has 0 aliphatic carbocycles. The quantitative estimate of drug-likeness (QED) is 0.198. The highest BCUT2D eigenvalue weighted by molar-refractivity contribution is 5.54. The lowest BCUT2D eigenvalue weighted by molar-refractivity contribution is -0.174. The summed E-state index contributed by atoms with van der Waals surface area (Å²) in [7, 11) is 0. The van der Waals surface area contributed by atoms with Crippen LogP contribution >= 0.6 is 0 Å². The molecule has 0 heterocycles. The van der Waals surface area contributed by atoms with Crippen molar-refractivity contribution in [2.24, 2.45) is 5.41 Å². The second kappa shape index (κ2) is 13.7. The van der Waals surface area contributed by atoms with E-state index in [1.807, 2.05) is 24.3 Å². The van der Waals surface area contributed by atoms with Crippen LogP contribution in [0.25, 0.3) is 0 Å². The molecule has 0 aliphatic heterocycles. The van der Waals surface area contributed by atoms with Crippen LogP contribution in [0.3, 0.4) is 0 Å². The normalized spacial score (nSPS) is 14.9. The van der Waals surface area contributed by atoms with Crippen molar-refractivity contribution in [1.29, 1.82) is 0 Å². The number of benzene rings is 3. The molecule has 4 nitrogen and oxygen atoms in total. The minimum atomic E-state index is -2.05. The van der Waals surface area contributed by atoms with Gasteiger partial charge in [-0.05, 0) is 82.6 Å². The highest BCUT2D eigenvalue weighted by atomic mass is 16.3. The minimum absolute atomic E-state index is 0.137. The van der Waals surface area contributed by atoms with Crippen LogP contribution in [0.5, 0.6) is 0 Å². The van der Waals surface area contributed by atoms with Crippen molar-refractivity contribution in [2.45, 2.75) is 169 Å². The molecule has 1 unspecified atom stereocenters. The van der Waals surface area contributed by atoms with Crippen LogP contribution in [-0.4, -0.2) is 33.6 Å². The molecule has 3 rings (SSSR count). The Morgan fingerprint density at radius 1 is 0.412 bits per heavy atom. The highest BCUT2D eigenvalue weighted by Crippen LogP contribution is 2.57. The van der Waals surface area contributed by atoms with Gasteiger partial charge in [0.1, 0.15) is 5.60 Å². The Bertz CT molecular complexity index is 1610. The van der Waals surface area contributed by atoms with Crippen molar-refractivity contribution in [1.82, 2.24) is 0 Å². The molecule has 0 aromatic heterocycles. The summed E-state index contributed by atoms with van der Waals surface area (Å²) >= 11 is 0. The third-order valence-corrected chi connectivity index (χ3v) is 11.0. The molecule has 51 heavy (non-hydrogen) atoms. The summed E-state index contributed by atoms with van der Waals surface area (Å²) in [6, 6.07) is 18.5. The van der Waals surface area contributed by atoms with Crippen molar-refractivity contribution < 1.29 is 20.4 Å². The Labute approximate surface area is 311 Å². The van der Waals surface area contributed by atoms with Gasteiger partial charge in [0.05, 0.1) is 24.7 Å². The molecule has 3 aromatic carbocycles. The van der Waals surface area contributed by atoms with Crippen molar-refractivity contribution in [2.75, 3.05) is 13.2 Å². The lowest BCUT2D eigenvalue weighted by atomic mass is 9.56. The zero-order valence-electron chi connectivity index (χ0n) is 35.5. The lowest BCUT2D eigenvalue weighted by Crippen LogP contribution is -2.57. The number of aliphatic hydroxyl groups is 4. The molecule has 0 saturated heterocycles. The van der Waals surface area contributed by atoms with Crippen LogP contribution < -0.4 is 0 Å². The molecular formula is C47H72O4. The predicted octanol–water partition coefficient (Wildman–Crippen LogP) is 10.4. The zero-order valence-corrected chi connectivity index (χ0v) is 35.5. The predicted molar refractivity (Wildman–Crippen MR) is 216 cm³/mol. The van der Waals surface area contributed by atoms with Crippen molar-refractivity contribution >= 4 is 0 Å². The molecule has 4 N–H and O–H groups in total. The van der Waals surface area contributed by atoms with Gasteiger partial charge >= 0.3 is 0 Å². The average molecular weight is 701 g/mol. The molecule has 4 heteroatoms. The van der Waals surface area contributed by atoms with E-state index in [-0.39, 0.29) is 21.7 Å². The van der Waals surface area contributed by atoms with E-state index in [0.29, 0.717) is 16.7 Å².